The van der Waals surface area contributed by atoms with Crippen LogP contribution in [0.1, 0.15) is 6.92 Å². The van der Waals surface area contributed by atoms with Gasteiger partial charge in [-0.3, -0.25) is 0 Å². The number of hydrogen-bond acceptors (Lipinski definition) is 3. The van der Waals surface area contributed by atoms with Crippen LogP contribution in [0.4, 0.5) is 0 Å². The molecule has 1 heterocycles. The van der Waals surface area contributed by atoms with Crippen LogP contribution in [0.25, 0.3) is 0 Å². The fraction of sp³-hybridized carbons (Fsp3) is 0.333. The van der Waals surface area contributed by atoms with Gasteiger partial charge >= 0.3 is 0 Å². The van der Waals surface area contributed by atoms with Crippen molar-refractivity contribution in [3.05, 3.63) is 23.3 Å². The first-order valence-corrected chi connectivity index (χ1v) is 3.72. The Hall–Kier alpha value is -0.410. The van der Waals surface area contributed by atoms with Gasteiger partial charge in [0, 0.05) is 10.6 Å². The van der Waals surface area contributed by atoms with Crippen LogP contribution >= 0.6 is 11.8 Å². The topological polar surface area (TPSA) is 29.3 Å². The van der Waals surface area contributed by atoms with Crippen LogP contribution in [0.15, 0.2) is 23.3 Å². The molecule has 0 saturated carbocycles. The van der Waals surface area contributed by atoms with Crippen LogP contribution in [0.2, 0.25) is 0 Å². The lowest BCUT2D eigenvalue weighted by Gasteiger charge is -2.08. The van der Waals surface area contributed by atoms with Crippen LogP contribution < -0.4 is 5.84 Å². The molecule has 0 aromatic carbocycles. The highest BCUT2D eigenvalue weighted by Gasteiger charge is 2.13. The van der Waals surface area contributed by atoms with Crippen molar-refractivity contribution in [3.8, 4) is 0 Å². The molecule has 0 atom stereocenters. The van der Waals surface area contributed by atoms with Crippen molar-refractivity contribution in [1.82, 2.24) is 5.01 Å². The van der Waals surface area contributed by atoms with Gasteiger partial charge in [0.05, 0.1) is 5.88 Å². The first kappa shape index (κ1) is 6.71. The van der Waals surface area contributed by atoms with Gasteiger partial charge in [-0.2, -0.15) is 0 Å². The molecule has 0 amide bonds. The summed E-state index contributed by atoms with van der Waals surface area (Å²) < 4.78 is 0. The maximum Gasteiger partial charge on any atom is 0.0840 e. The highest BCUT2D eigenvalue weighted by molar-refractivity contribution is 8.03. The summed E-state index contributed by atoms with van der Waals surface area (Å²) in [4.78, 5) is 1.19. The van der Waals surface area contributed by atoms with Crippen molar-refractivity contribution < 1.29 is 0 Å². The van der Waals surface area contributed by atoms with Crippen LogP contribution in [-0.2, 0) is 0 Å². The van der Waals surface area contributed by atoms with E-state index >= 15 is 0 Å². The minimum atomic E-state index is 0.854. The average Bonchev–Trinajstić information content (AvgIpc) is 2.15. The lowest BCUT2D eigenvalue weighted by Crippen LogP contribution is -2.24. The Morgan fingerprint density at radius 2 is 2.56 bits per heavy atom. The van der Waals surface area contributed by atoms with E-state index in [4.69, 9.17) is 5.84 Å². The maximum absolute atomic E-state index is 5.55. The molecule has 9 heavy (non-hydrogen) atoms. The smallest absolute Gasteiger partial charge is 0.0840 e. The zero-order chi connectivity index (χ0) is 6.85. The van der Waals surface area contributed by atoms with E-state index in [1.165, 1.54) is 4.91 Å². The number of nitrogens with zero attached hydrogens (tertiary/aromatic N) is 1. The first-order valence-electron chi connectivity index (χ1n) is 2.74. The van der Waals surface area contributed by atoms with E-state index in [0.717, 1.165) is 11.6 Å². The molecule has 1 rings (SSSR count). The van der Waals surface area contributed by atoms with Gasteiger partial charge in [0.2, 0.25) is 0 Å². The Kier molecular flexibility index (Phi) is 1.83. The minimum absolute atomic E-state index is 0.854. The molecule has 0 aromatic heterocycles. The SMILES string of the molecule is C=CC1=C(C)N(N)CS1. The number of hydrogen-bond donors (Lipinski definition) is 1. The minimum Gasteiger partial charge on any atom is -0.304 e. The number of hydrazine groups is 1. The normalized spacial score (nSPS) is 19.1. The predicted molar refractivity (Wildman–Crippen MR) is 41.4 cm³/mol. The lowest BCUT2D eigenvalue weighted by atomic mass is 10.4. The molecule has 0 radical (unpaired) electrons. The standard InChI is InChI=1S/C6H10N2S/c1-3-6-5(2)8(7)4-9-6/h3H,1,4,7H2,2H3. The zero-order valence-corrected chi connectivity index (χ0v) is 6.24. The predicted octanol–water partition coefficient (Wildman–Crippen LogP) is 1.28. The molecule has 3 heteroatoms. The molecule has 2 nitrogen and oxygen atoms in total. The molecule has 2 N–H and O–H groups in total. The molecule has 0 aromatic rings. The highest BCUT2D eigenvalue weighted by Crippen LogP contribution is 2.29. The molecule has 1 aliphatic rings. The van der Waals surface area contributed by atoms with Gasteiger partial charge < -0.3 is 5.01 Å². The van der Waals surface area contributed by atoms with E-state index < -0.39 is 0 Å². The third kappa shape index (κ3) is 1.11. The largest absolute Gasteiger partial charge is 0.304 e. The molecule has 0 fully saturated rings. The van der Waals surface area contributed by atoms with Gasteiger partial charge in [0.25, 0.3) is 0 Å². The Morgan fingerprint density at radius 3 is 2.78 bits per heavy atom. The summed E-state index contributed by atoms with van der Waals surface area (Å²) >= 11 is 1.72. The first-order chi connectivity index (χ1) is 4.25. The molecule has 0 unspecified atom stereocenters. The Bertz CT molecular complexity index is 162. The molecular weight excluding hydrogens is 132 g/mol. The summed E-state index contributed by atoms with van der Waals surface area (Å²) in [5.41, 5.74) is 1.12. The highest BCUT2D eigenvalue weighted by atomic mass is 32.2. The van der Waals surface area contributed by atoms with Gasteiger partial charge in [-0.1, -0.05) is 12.7 Å². The molecular formula is C6H10N2S. The van der Waals surface area contributed by atoms with Gasteiger partial charge in [0.1, 0.15) is 0 Å². The number of allylic oxidation sites excluding steroid dienone is 2. The third-order valence-corrected chi connectivity index (χ3v) is 2.51. The van der Waals surface area contributed by atoms with Crippen LogP contribution in [0, 0.1) is 0 Å². The second-order valence-corrected chi connectivity index (χ2v) is 2.88. The van der Waals surface area contributed by atoms with E-state index in [0.29, 0.717) is 0 Å². The van der Waals surface area contributed by atoms with E-state index in [1.54, 1.807) is 16.8 Å². The monoisotopic (exact) mass is 142 g/mol. The van der Waals surface area contributed by atoms with E-state index in [2.05, 4.69) is 6.58 Å². The zero-order valence-electron chi connectivity index (χ0n) is 5.42. The summed E-state index contributed by atoms with van der Waals surface area (Å²) in [6, 6.07) is 0. The summed E-state index contributed by atoms with van der Waals surface area (Å²) in [5.74, 6) is 6.41. The van der Waals surface area contributed by atoms with Crippen molar-refractivity contribution in [3.63, 3.8) is 0 Å². The van der Waals surface area contributed by atoms with Gasteiger partial charge in [-0.25, -0.2) is 5.84 Å². The quantitative estimate of drug-likeness (QED) is 0.559. The Morgan fingerprint density at radius 1 is 1.89 bits per heavy atom. The van der Waals surface area contributed by atoms with Crippen LogP contribution in [-0.4, -0.2) is 10.9 Å². The van der Waals surface area contributed by atoms with Gasteiger partial charge in [-0.05, 0) is 6.92 Å². The van der Waals surface area contributed by atoms with Crippen molar-refractivity contribution >= 4 is 11.8 Å². The fourth-order valence-corrected chi connectivity index (χ4v) is 1.60. The van der Waals surface area contributed by atoms with Crippen LogP contribution in [0.3, 0.4) is 0 Å². The van der Waals surface area contributed by atoms with Crippen LogP contribution in [0.5, 0.6) is 0 Å². The molecule has 0 spiro atoms. The Balaban J connectivity index is 2.79. The van der Waals surface area contributed by atoms with Gasteiger partial charge in [0.15, 0.2) is 0 Å². The lowest BCUT2D eigenvalue weighted by molar-refractivity contribution is 0.432. The summed E-state index contributed by atoms with van der Waals surface area (Å²) in [5, 5.41) is 1.72. The molecule has 0 saturated heterocycles. The van der Waals surface area contributed by atoms with Gasteiger partial charge in [-0.15, -0.1) is 11.8 Å². The van der Waals surface area contributed by atoms with Crippen molar-refractivity contribution in [2.75, 3.05) is 5.88 Å². The molecule has 0 bridgehead atoms. The van der Waals surface area contributed by atoms with Crippen molar-refractivity contribution in [2.45, 2.75) is 6.92 Å². The number of rotatable bonds is 1. The average molecular weight is 142 g/mol. The van der Waals surface area contributed by atoms with Crippen molar-refractivity contribution in [2.24, 2.45) is 5.84 Å². The summed E-state index contributed by atoms with van der Waals surface area (Å²) in [6.45, 7) is 5.66. The summed E-state index contributed by atoms with van der Waals surface area (Å²) in [7, 11) is 0. The van der Waals surface area contributed by atoms with Crippen molar-refractivity contribution in [1.29, 1.82) is 0 Å². The number of nitrogens with two attached hydrogens (primary N) is 1. The molecule has 1 aliphatic heterocycles. The number of thioether (sulfide) groups is 1. The Labute approximate surface area is 59.4 Å². The molecule has 50 valence electrons. The maximum atomic E-state index is 5.55. The second kappa shape index (κ2) is 2.45. The van der Waals surface area contributed by atoms with E-state index in [-0.39, 0.29) is 0 Å². The third-order valence-electron chi connectivity index (χ3n) is 1.33. The second-order valence-electron chi connectivity index (χ2n) is 1.90. The van der Waals surface area contributed by atoms with E-state index in [1.807, 2.05) is 13.0 Å². The molecule has 0 aliphatic carbocycles. The van der Waals surface area contributed by atoms with E-state index in [9.17, 15) is 0 Å². The fourth-order valence-electron chi connectivity index (χ4n) is 0.689. The summed E-state index contributed by atoms with van der Waals surface area (Å²) in [6.07, 6.45) is 1.84.